The number of aliphatic hydroxyl groups excluding tert-OH is 1. The van der Waals surface area contributed by atoms with E-state index in [1.165, 1.54) is 12.1 Å². The molecular weight excluding hydrogens is 407 g/mol. The third-order valence-corrected chi connectivity index (χ3v) is 7.04. The van der Waals surface area contributed by atoms with Crippen LogP contribution >= 0.6 is 0 Å². The van der Waals surface area contributed by atoms with Crippen molar-refractivity contribution >= 4 is 15.9 Å². The second-order valence-electron chi connectivity index (χ2n) is 7.68. The van der Waals surface area contributed by atoms with Crippen LogP contribution in [0.1, 0.15) is 37.3 Å². The molecule has 0 aromatic heterocycles. The van der Waals surface area contributed by atoms with Crippen LogP contribution in [0.2, 0.25) is 0 Å². The first-order chi connectivity index (χ1) is 14.4. The van der Waals surface area contributed by atoms with Crippen molar-refractivity contribution in [3.05, 3.63) is 66.0 Å². The van der Waals surface area contributed by atoms with E-state index in [-0.39, 0.29) is 35.8 Å². The summed E-state index contributed by atoms with van der Waals surface area (Å²) in [6.07, 6.45) is 2.81. The Morgan fingerprint density at radius 1 is 1.03 bits per heavy atom. The summed E-state index contributed by atoms with van der Waals surface area (Å²) in [4.78, 5) is 12.6. The summed E-state index contributed by atoms with van der Waals surface area (Å²) in [5, 5.41) is 12.5. The summed E-state index contributed by atoms with van der Waals surface area (Å²) in [5.41, 5.74) is 0.859. The molecule has 0 radical (unpaired) electrons. The van der Waals surface area contributed by atoms with Crippen molar-refractivity contribution in [2.75, 3.05) is 13.2 Å². The van der Waals surface area contributed by atoms with E-state index in [0.717, 1.165) is 30.5 Å². The van der Waals surface area contributed by atoms with Gasteiger partial charge in [-0.1, -0.05) is 30.3 Å². The van der Waals surface area contributed by atoms with Gasteiger partial charge >= 0.3 is 0 Å². The maximum Gasteiger partial charge on any atom is 0.240 e. The lowest BCUT2D eigenvalue weighted by atomic mass is 9.81. The number of hydrogen-bond acceptors (Lipinski definition) is 4. The zero-order chi connectivity index (χ0) is 21.6. The molecule has 0 heterocycles. The second kappa shape index (κ2) is 10.1. The lowest BCUT2D eigenvalue weighted by Gasteiger charge is -2.29. The fraction of sp³-hybridized carbons (Fsp3) is 0.409. The minimum absolute atomic E-state index is 0.0351. The highest BCUT2D eigenvalue weighted by Crippen LogP contribution is 2.29. The lowest BCUT2D eigenvalue weighted by Crippen LogP contribution is -2.38. The van der Waals surface area contributed by atoms with E-state index in [2.05, 4.69) is 10.0 Å². The summed E-state index contributed by atoms with van der Waals surface area (Å²) in [7, 11) is -3.68. The van der Waals surface area contributed by atoms with E-state index in [4.69, 9.17) is 0 Å². The van der Waals surface area contributed by atoms with E-state index in [9.17, 15) is 22.7 Å². The maximum absolute atomic E-state index is 13.0. The molecule has 1 amide bonds. The summed E-state index contributed by atoms with van der Waals surface area (Å²) >= 11 is 0. The first-order valence-electron chi connectivity index (χ1n) is 10.1. The van der Waals surface area contributed by atoms with E-state index >= 15 is 0 Å². The number of carbonyl (C=O) groups is 1. The Balaban J connectivity index is 1.47. The molecule has 162 valence electrons. The van der Waals surface area contributed by atoms with E-state index in [0.29, 0.717) is 12.8 Å². The molecule has 0 bridgehead atoms. The first-order valence-corrected chi connectivity index (χ1v) is 11.6. The Labute approximate surface area is 176 Å². The van der Waals surface area contributed by atoms with Crippen molar-refractivity contribution in [1.29, 1.82) is 0 Å². The van der Waals surface area contributed by atoms with Crippen molar-refractivity contribution < 1.29 is 22.7 Å². The highest BCUT2D eigenvalue weighted by atomic mass is 32.2. The highest BCUT2D eigenvalue weighted by molar-refractivity contribution is 7.89. The fourth-order valence-electron chi connectivity index (χ4n) is 3.76. The molecule has 0 saturated heterocycles. The molecular formula is C22H27FN2O4S. The largest absolute Gasteiger partial charge is 0.394 e. The van der Waals surface area contributed by atoms with Crippen LogP contribution in [0.3, 0.4) is 0 Å². The molecule has 30 heavy (non-hydrogen) atoms. The number of carbonyl (C=O) groups excluding carboxylic acids is 1. The number of sulfonamides is 1. The first kappa shape index (κ1) is 22.4. The molecule has 2 aromatic carbocycles. The summed E-state index contributed by atoms with van der Waals surface area (Å²) in [6.45, 7) is 0.119. The zero-order valence-electron chi connectivity index (χ0n) is 16.6. The number of nitrogens with one attached hydrogen (secondary N) is 2. The normalized spacial score (nSPS) is 20.5. The Morgan fingerprint density at radius 2 is 1.67 bits per heavy atom. The van der Waals surface area contributed by atoms with Crippen molar-refractivity contribution in [2.24, 2.45) is 11.8 Å². The molecule has 1 fully saturated rings. The van der Waals surface area contributed by atoms with Crippen molar-refractivity contribution in [1.82, 2.24) is 10.0 Å². The Hall–Kier alpha value is -2.29. The lowest BCUT2D eigenvalue weighted by molar-refractivity contribution is -0.127. The minimum atomic E-state index is -3.68. The predicted octanol–water partition coefficient (Wildman–Crippen LogP) is 2.76. The molecule has 1 saturated carbocycles. The molecule has 1 atom stereocenters. The predicted molar refractivity (Wildman–Crippen MR) is 111 cm³/mol. The summed E-state index contributed by atoms with van der Waals surface area (Å²) in [6, 6.07) is 13.6. The maximum atomic E-state index is 13.0. The standard InChI is InChI=1S/C22H27FN2O4S/c23-19-10-12-20(13-11-19)30(28,29)24-14-16-6-8-18(9-7-16)22(27)25-21(15-26)17-4-2-1-3-5-17/h1-5,10-13,16,18,21,24,26H,6-9,14-15H2,(H,25,27). The van der Waals surface area contributed by atoms with Crippen LogP contribution in [0.25, 0.3) is 0 Å². The molecule has 6 nitrogen and oxygen atoms in total. The molecule has 1 aliphatic rings. The molecule has 3 N–H and O–H groups in total. The quantitative estimate of drug-likeness (QED) is 0.595. The number of halogens is 1. The van der Waals surface area contributed by atoms with Gasteiger partial charge in [0.15, 0.2) is 0 Å². The van der Waals surface area contributed by atoms with Crippen LogP contribution in [0.5, 0.6) is 0 Å². The topological polar surface area (TPSA) is 95.5 Å². The van der Waals surface area contributed by atoms with E-state index < -0.39 is 21.9 Å². The third kappa shape index (κ3) is 5.87. The molecule has 3 rings (SSSR count). The van der Waals surface area contributed by atoms with Crippen molar-refractivity contribution in [3.8, 4) is 0 Å². The summed E-state index contributed by atoms with van der Waals surface area (Å²) < 4.78 is 40.2. The summed E-state index contributed by atoms with van der Waals surface area (Å²) in [5.74, 6) is -0.566. The molecule has 1 aliphatic carbocycles. The Kier molecular flexibility index (Phi) is 7.58. The van der Waals surface area contributed by atoms with Gasteiger partial charge in [0.2, 0.25) is 15.9 Å². The SMILES string of the molecule is O=C(NC(CO)c1ccccc1)C1CCC(CNS(=O)(=O)c2ccc(F)cc2)CC1. The molecule has 8 heteroatoms. The van der Waals surface area contributed by atoms with Crippen LogP contribution in [-0.4, -0.2) is 32.6 Å². The van der Waals surface area contributed by atoms with Gasteiger partial charge in [-0.15, -0.1) is 0 Å². The number of benzene rings is 2. The van der Waals surface area contributed by atoms with Gasteiger partial charge in [-0.05, 0) is 61.4 Å². The number of hydrogen-bond donors (Lipinski definition) is 3. The van der Waals surface area contributed by atoms with Crippen LogP contribution in [0.15, 0.2) is 59.5 Å². The van der Waals surface area contributed by atoms with Crippen molar-refractivity contribution in [3.63, 3.8) is 0 Å². The Bertz CT molecular complexity index is 927. The monoisotopic (exact) mass is 434 g/mol. The van der Waals surface area contributed by atoms with E-state index in [1.807, 2.05) is 30.3 Å². The second-order valence-corrected chi connectivity index (χ2v) is 9.44. The number of aliphatic hydroxyl groups is 1. The number of amides is 1. The fourth-order valence-corrected chi connectivity index (χ4v) is 4.88. The molecule has 2 aromatic rings. The molecule has 0 aliphatic heterocycles. The average Bonchev–Trinajstić information content (AvgIpc) is 2.77. The van der Waals surface area contributed by atoms with Gasteiger partial charge in [0.1, 0.15) is 5.82 Å². The van der Waals surface area contributed by atoms with Crippen LogP contribution in [0.4, 0.5) is 4.39 Å². The van der Waals surface area contributed by atoms with E-state index in [1.54, 1.807) is 0 Å². The zero-order valence-corrected chi connectivity index (χ0v) is 17.4. The van der Waals surface area contributed by atoms with Crippen LogP contribution in [-0.2, 0) is 14.8 Å². The number of rotatable bonds is 8. The third-order valence-electron chi connectivity index (χ3n) is 5.60. The molecule has 0 spiro atoms. The van der Waals surface area contributed by atoms with Gasteiger partial charge in [-0.25, -0.2) is 17.5 Å². The van der Waals surface area contributed by atoms with Gasteiger partial charge in [0, 0.05) is 12.5 Å². The van der Waals surface area contributed by atoms with Crippen molar-refractivity contribution in [2.45, 2.75) is 36.6 Å². The van der Waals surface area contributed by atoms with Crippen LogP contribution in [0, 0.1) is 17.7 Å². The van der Waals surface area contributed by atoms with Crippen LogP contribution < -0.4 is 10.0 Å². The van der Waals surface area contributed by atoms with Gasteiger partial charge in [-0.2, -0.15) is 0 Å². The van der Waals surface area contributed by atoms with Gasteiger partial charge in [-0.3, -0.25) is 4.79 Å². The van der Waals surface area contributed by atoms with Gasteiger partial charge < -0.3 is 10.4 Å². The highest BCUT2D eigenvalue weighted by Gasteiger charge is 2.28. The van der Waals surface area contributed by atoms with Gasteiger partial charge in [0.25, 0.3) is 0 Å². The smallest absolute Gasteiger partial charge is 0.240 e. The molecule has 1 unspecified atom stereocenters. The van der Waals surface area contributed by atoms with Gasteiger partial charge in [0.05, 0.1) is 17.5 Å². The average molecular weight is 435 g/mol. The Morgan fingerprint density at radius 3 is 2.27 bits per heavy atom. The minimum Gasteiger partial charge on any atom is -0.394 e.